The lowest BCUT2D eigenvalue weighted by molar-refractivity contribution is -0.119. The number of hydrogen-bond acceptors (Lipinski definition) is 7. The average Bonchev–Trinajstić information content (AvgIpc) is 3.00. The van der Waals surface area contributed by atoms with Gasteiger partial charge in [-0.2, -0.15) is 0 Å². The molecule has 1 N–H and O–H groups in total. The summed E-state index contributed by atoms with van der Waals surface area (Å²) in [7, 11) is 1.70. The van der Waals surface area contributed by atoms with Gasteiger partial charge in [0.05, 0.1) is 12.2 Å². The van der Waals surface area contributed by atoms with Crippen molar-refractivity contribution in [2.75, 3.05) is 26.9 Å². The van der Waals surface area contributed by atoms with Crippen LogP contribution >= 0.6 is 0 Å². The maximum atomic E-state index is 14.3. The number of nitrogens with zero attached hydrogens (tertiary/aromatic N) is 1. The fraction of sp³-hybridized carbons (Fsp3) is 0.475. The zero-order valence-corrected chi connectivity index (χ0v) is 29.2. The van der Waals surface area contributed by atoms with E-state index < -0.39 is 11.9 Å². The number of hydrogen-bond donors (Lipinski definition) is 1. The minimum Gasteiger partial charge on any atom is -0.490 e. The summed E-state index contributed by atoms with van der Waals surface area (Å²) in [6.45, 7) is 16.4. The van der Waals surface area contributed by atoms with Crippen LogP contribution in [0.3, 0.4) is 0 Å². The third-order valence-electron chi connectivity index (χ3n) is 9.49. The van der Waals surface area contributed by atoms with Crippen molar-refractivity contribution in [1.82, 2.24) is 4.90 Å². The number of rotatable bonds is 13. The molecule has 1 aliphatic heterocycles. The Bertz CT molecular complexity index is 1610. The molecule has 0 spiro atoms. The summed E-state index contributed by atoms with van der Waals surface area (Å²) in [6.07, 6.45) is 5.37. The highest BCUT2D eigenvalue weighted by atomic mass is 16.5. The van der Waals surface area contributed by atoms with Crippen LogP contribution in [0.4, 0.5) is 0 Å². The first-order valence-electron chi connectivity index (χ1n) is 16.9. The predicted octanol–water partition coefficient (Wildman–Crippen LogP) is 7.81. The molecular formula is C40H49NO7. The summed E-state index contributed by atoms with van der Waals surface area (Å²) >= 11 is 0. The van der Waals surface area contributed by atoms with E-state index in [0.717, 1.165) is 58.5 Å². The smallest absolute Gasteiger partial charge is 0.335 e. The number of benzene rings is 2. The molecule has 8 nitrogen and oxygen atoms in total. The summed E-state index contributed by atoms with van der Waals surface area (Å²) in [5, 5.41) is 9.29. The molecule has 2 aromatic carbocycles. The molecule has 1 heterocycles. The van der Waals surface area contributed by atoms with E-state index in [4.69, 9.17) is 14.2 Å². The van der Waals surface area contributed by atoms with Gasteiger partial charge in [-0.3, -0.25) is 9.59 Å². The van der Waals surface area contributed by atoms with E-state index in [1.807, 2.05) is 19.1 Å². The molecule has 2 aliphatic carbocycles. The average molecular weight is 656 g/mol. The van der Waals surface area contributed by atoms with Crippen LogP contribution in [-0.2, 0) is 27.4 Å². The molecule has 0 radical (unpaired) electrons. The van der Waals surface area contributed by atoms with E-state index >= 15 is 0 Å². The van der Waals surface area contributed by atoms with Gasteiger partial charge < -0.3 is 24.2 Å². The molecule has 0 atom stereocenters. The molecule has 2 aromatic rings. The van der Waals surface area contributed by atoms with Crippen molar-refractivity contribution >= 4 is 17.5 Å². The number of Topliss-reactive ketones (excluding diaryl/α,β-unsaturated/α-hetero) is 2. The molecule has 0 saturated heterocycles. The largest absolute Gasteiger partial charge is 0.490 e. The number of carboxylic acids is 1. The topological polar surface area (TPSA) is 102 Å². The van der Waals surface area contributed by atoms with Gasteiger partial charge in [0.2, 0.25) is 0 Å². The van der Waals surface area contributed by atoms with Crippen molar-refractivity contribution in [2.45, 2.75) is 85.7 Å². The van der Waals surface area contributed by atoms with E-state index in [1.165, 1.54) is 0 Å². The molecule has 0 aromatic heterocycles. The standard InChI is InChI=1S/C40H49NO7/c1-8-11-27-18-28(19-33(47-9-2)37(27)48-24-25-12-14-26(15-13-25)38(44)45)34-35-29(20-39(3,4)22-31(35)42)41(16-10-17-46-7)30-21-40(5,6)23-32(43)36(30)34/h8,12-15,18-19,34H,1,9-11,16-17,20-24H2,2-7H3,(H,44,45). The Morgan fingerprint density at radius 3 is 2.08 bits per heavy atom. The predicted molar refractivity (Wildman–Crippen MR) is 185 cm³/mol. The molecule has 3 aliphatic rings. The van der Waals surface area contributed by atoms with Crippen molar-refractivity contribution in [1.29, 1.82) is 0 Å². The molecule has 8 heteroatoms. The SMILES string of the molecule is C=CCc1cc(C2C3=C(CC(C)(C)CC3=O)N(CCCOC)C3=C2C(=O)CC(C)(C)C3)cc(OCC)c1OCc1ccc(C(=O)O)cc1. The number of allylic oxidation sites excluding steroid dienone is 5. The highest BCUT2D eigenvalue weighted by Crippen LogP contribution is 2.55. The molecule has 0 bridgehead atoms. The third kappa shape index (κ3) is 7.29. The molecule has 48 heavy (non-hydrogen) atoms. The number of carboxylic acid groups (broad SMARTS) is 1. The lowest BCUT2D eigenvalue weighted by Gasteiger charge is -2.49. The zero-order chi connectivity index (χ0) is 34.8. The van der Waals surface area contributed by atoms with Gasteiger partial charge in [-0.25, -0.2) is 4.79 Å². The summed E-state index contributed by atoms with van der Waals surface area (Å²) in [4.78, 5) is 42.2. The quantitative estimate of drug-likeness (QED) is 0.172. The van der Waals surface area contributed by atoms with Crippen LogP contribution in [0.25, 0.3) is 0 Å². The molecule has 5 rings (SSSR count). The highest BCUT2D eigenvalue weighted by Gasteiger charge is 2.49. The number of ether oxygens (including phenoxy) is 3. The van der Waals surface area contributed by atoms with Crippen LogP contribution in [-0.4, -0.2) is 54.4 Å². The number of carbonyl (C=O) groups excluding carboxylic acids is 2. The summed E-state index contributed by atoms with van der Waals surface area (Å²) < 4.78 is 18.0. The van der Waals surface area contributed by atoms with Gasteiger partial charge in [0.1, 0.15) is 6.61 Å². The summed E-state index contributed by atoms with van der Waals surface area (Å²) in [5.41, 5.74) is 5.76. The Hall–Kier alpha value is -4.17. The Morgan fingerprint density at radius 2 is 1.56 bits per heavy atom. The second kappa shape index (κ2) is 14.1. The maximum absolute atomic E-state index is 14.3. The molecular weight excluding hydrogens is 606 g/mol. The summed E-state index contributed by atoms with van der Waals surface area (Å²) in [5.74, 6) is -0.229. The van der Waals surface area contributed by atoms with Gasteiger partial charge in [-0.15, -0.1) is 6.58 Å². The number of aromatic carboxylic acids is 1. The molecule has 0 unspecified atom stereocenters. The first-order valence-corrected chi connectivity index (χ1v) is 16.9. The van der Waals surface area contributed by atoms with Crippen molar-refractivity contribution in [3.05, 3.63) is 93.8 Å². The summed E-state index contributed by atoms with van der Waals surface area (Å²) in [6, 6.07) is 10.6. The third-order valence-corrected chi connectivity index (χ3v) is 9.49. The number of ketones is 2. The normalized spacial score (nSPS) is 18.8. The van der Waals surface area contributed by atoms with Gasteiger partial charge in [-0.1, -0.05) is 52.0 Å². The van der Waals surface area contributed by atoms with Gasteiger partial charge in [-0.05, 0) is 72.8 Å². The van der Waals surface area contributed by atoms with Crippen LogP contribution < -0.4 is 9.47 Å². The van der Waals surface area contributed by atoms with Crippen molar-refractivity contribution in [3.8, 4) is 11.5 Å². The van der Waals surface area contributed by atoms with Crippen molar-refractivity contribution in [3.63, 3.8) is 0 Å². The highest BCUT2D eigenvalue weighted by molar-refractivity contribution is 6.07. The van der Waals surface area contributed by atoms with Gasteiger partial charge in [0.15, 0.2) is 23.1 Å². The molecule has 0 fully saturated rings. The first-order chi connectivity index (χ1) is 22.8. The molecule has 0 amide bonds. The maximum Gasteiger partial charge on any atom is 0.335 e. The Morgan fingerprint density at radius 1 is 0.958 bits per heavy atom. The van der Waals surface area contributed by atoms with Crippen LogP contribution in [0, 0.1) is 10.8 Å². The van der Waals surface area contributed by atoms with Gasteiger partial charge >= 0.3 is 5.97 Å². The van der Waals surface area contributed by atoms with E-state index in [0.29, 0.717) is 50.5 Å². The monoisotopic (exact) mass is 655 g/mol. The van der Waals surface area contributed by atoms with Crippen molar-refractivity contribution in [2.24, 2.45) is 10.8 Å². The minimum atomic E-state index is -0.984. The van der Waals surface area contributed by atoms with Gasteiger partial charge in [0.25, 0.3) is 0 Å². The first kappa shape index (κ1) is 35.1. The Kier molecular flexibility index (Phi) is 10.3. The van der Waals surface area contributed by atoms with Crippen LogP contribution in [0.15, 0.2) is 71.6 Å². The van der Waals surface area contributed by atoms with E-state index in [-0.39, 0.29) is 34.6 Å². The van der Waals surface area contributed by atoms with Crippen molar-refractivity contribution < 1.29 is 33.7 Å². The minimum absolute atomic E-state index is 0.0838. The van der Waals surface area contributed by atoms with Crippen LogP contribution in [0.2, 0.25) is 0 Å². The lowest BCUT2D eigenvalue weighted by Crippen LogP contribution is -2.44. The molecule has 0 saturated carbocycles. The van der Waals surface area contributed by atoms with Crippen LogP contribution in [0.5, 0.6) is 11.5 Å². The number of carbonyl (C=O) groups is 3. The van der Waals surface area contributed by atoms with Crippen LogP contribution in [0.1, 0.15) is 99.7 Å². The Labute approximate surface area is 284 Å². The fourth-order valence-corrected chi connectivity index (χ4v) is 7.50. The van der Waals surface area contributed by atoms with E-state index in [9.17, 15) is 19.5 Å². The zero-order valence-electron chi connectivity index (χ0n) is 29.2. The second-order valence-electron chi connectivity index (χ2n) is 14.8. The fourth-order valence-electron chi connectivity index (χ4n) is 7.50. The second-order valence-corrected chi connectivity index (χ2v) is 14.8. The van der Waals surface area contributed by atoms with E-state index in [1.54, 1.807) is 37.5 Å². The molecule has 256 valence electrons. The lowest BCUT2D eigenvalue weighted by atomic mass is 9.63. The number of methoxy groups -OCH3 is 1. The Balaban J connectivity index is 1.67. The van der Waals surface area contributed by atoms with E-state index in [2.05, 4.69) is 39.2 Å². The van der Waals surface area contributed by atoms with Gasteiger partial charge in [0, 0.05) is 67.1 Å².